The highest BCUT2D eigenvalue weighted by molar-refractivity contribution is 6.11. The Bertz CT molecular complexity index is 371. The molecule has 1 N–H and O–H groups in total. The number of ether oxygens (including phenoxy) is 1. The molecule has 0 spiro atoms. The fourth-order valence-corrected chi connectivity index (χ4v) is 1.66. The summed E-state index contributed by atoms with van der Waals surface area (Å²) < 4.78 is 5.09. The van der Waals surface area contributed by atoms with E-state index in [1.54, 1.807) is 20.8 Å². The maximum Gasteiger partial charge on any atom is 0.411 e. The second-order valence-corrected chi connectivity index (χ2v) is 5.18. The van der Waals surface area contributed by atoms with Gasteiger partial charge in [0.05, 0.1) is 0 Å². The molecule has 1 atom stereocenters. The molecular weight excluding hydrogens is 226 g/mol. The van der Waals surface area contributed by atoms with Crippen LogP contribution in [0.3, 0.4) is 0 Å². The van der Waals surface area contributed by atoms with E-state index in [-0.39, 0.29) is 13.0 Å². The Labute approximate surface area is 99.5 Å². The van der Waals surface area contributed by atoms with Gasteiger partial charge in [-0.25, -0.2) is 9.59 Å². The topological polar surface area (TPSA) is 83.9 Å². The van der Waals surface area contributed by atoms with E-state index in [1.165, 1.54) is 6.92 Å². The predicted molar refractivity (Wildman–Crippen MR) is 58.6 cm³/mol. The van der Waals surface area contributed by atoms with Gasteiger partial charge in [0.2, 0.25) is 0 Å². The van der Waals surface area contributed by atoms with Crippen LogP contribution in [0.1, 0.15) is 34.1 Å². The summed E-state index contributed by atoms with van der Waals surface area (Å²) >= 11 is 0. The number of amides is 1. The lowest BCUT2D eigenvalue weighted by Crippen LogP contribution is -2.55. The molecule has 96 valence electrons. The summed E-state index contributed by atoms with van der Waals surface area (Å²) in [7, 11) is 0. The number of ketones is 1. The largest absolute Gasteiger partial charge is 0.479 e. The molecule has 0 radical (unpaired) electrons. The van der Waals surface area contributed by atoms with Crippen LogP contribution in [0.2, 0.25) is 0 Å². The highest BCUT2D eigenvalue weighted by atomic mass is 16.6. The van der Waals surface area contributed by atoms with E-state index < -0.39 is 29.0 Å². The van der Waals surface area contributed by atoms with Crippen LogP contribution in [0, 0.1) is 0 Å². The number of Topliss-reactive ketones (excluding diaryl/α,β-unsaturated/α-hetero) is 1. The van der Waals surface area contributed by atoms with Crippen LogP contribution in [0.15, 0.2) is 0 Å². The third-order valence-corrected chi connectivity index (χ3v) is 2.68. The average molecular weight is 243 g/mol. The van der Waals surface area contributed by atoms with Gasteiger partial charge in [0.1, 0.15) is 5.60 Å². The van der Waals surface area contributed by atoms with Crippen molar-refractivity contribution < 1.29 is 24.2 Å². The second-order valence-electron chi connectivity index (χ2n) is 5.18. The van der Waals surface area contributed by atoms with Crippen molar-refractivity contribution >= 4 is 17.8 Å². The van der Waals surface area contributed by atoms with Crippen molar-refractivity contribution in [3.8, 4) is 0 Å². The third-order valence-electron chi connectivity index (χ3n) is 2.68. The van der Waals surface area contributed by atoms with E-state index in [2.05, 4.69) is 0 Å². The summed E-state index contributed by atoms with van der Waals surface area (Å²) in [5.74, 6) is -1.80. The lowest BCUT2D eigenvalue weighted by Gasteiger charge is -2.31. The van der Waals surface area contributed by atoms with E-state index in [0.29, 0.717) is 0 Å². The smallest absolute Gasteiger partial charge is 0.411 e. The molecule has 1 heterocycles. The highest BCUT2D eigenvalue weighted by Crippen LogP contribution is 2.28. The monoisotopic (exact) mass is 243 g/mol. The van der Waals surface area contributed by atoms with Gasteiger partial charge in [-0.15, -0.1) is 0 Å². The first-order valence-electron chi connectivity index (χ1n) is 5.36. The molecule has 1 fully saturated rings. The summed E-state index contributed by atoms with van der Waals surface area (Å²) in [4.78, 5) is 35.5. The quantitative estimate of drug-likeness (QED) is 0.695. The molecule has 0 bridgehead atoms. The van der Waals surface area contributed by atoms with Crippen LogP contribution in [-0.4, -0.2) is 45.5 Å². The maximum atomic E-state index is 11.8. The number of aliphatic carboxylic acids is 1. The molecule has 0 aromatic rings. The van der Waals surface area contributed by atoms with Crippen LogP contribution in [0.4, 0.5) is 4.79 Å². The highest BCUT2D eigenvalue weighted by Gasteiger charge is 2.54. The molecule has 0 unspecified atom stereocenters. The summed E-state index contributed by atoms with van der Waals surface area (Å²) in [6.45, 7) is 6.35. The maximum absolute atomic E-state index is 11.8. The molecule has 0 aromatic carbocycles. The fraction of sp³-hybridized carbons (Fsp3) is 0.727. The number of hydrogen-bond donors (Lipinski definition) is 1. The van der Waals surface area contributed by atoms with Crippen LogP contribution in [0.5, 0.6) is 0 Å². The van der Waals surface area contributed by atoms with Crippen molar-refractivity contribution in [2.24, 2.45) is 0 Å². The zero-order chi connectivity index (χ0) is 13.4. The van der Waals surface area contributed by atoms with Gasteiger partial charge in [0.25, 0.3) is 0 Å². The van der Waals surface area contributed by atoms with Crippen molar-refractivity contribution in [3.63, 3.8) is 0 Å². The molecule has 1 amide bonds. The summed E-state index contributed by atoms with van der Waals surface area (Å²) in [5.41, 5.74) is -2.52. The van der Waals surface area contributed by atoms with Gasteiger partial charge in [-0.1, -0.05) is 0 Å². The van der Waals surface area contributed by atoms with E-state index in [9.17, 15) is 14.4 Å². The van der Waals surface area contributed by atoms with E-state index >= 15 is 0 Å². The van der Waals surface area contributed by atoms with Gasteiger partial charge in [-0.3, -0.25) is 9.69 Å². The van der Waals surface area contributed by atoms with E-state index in [1.807, 2.05) is 0 Å². The number of carbonyl (C=O) groups is 3. The Morgan fingerprint density at radius 3 is 2.35 bits per heavy atom. The van der Waals surface area contributed by atoms with Gasteiger partial charge < -0.3 is 9.84 Å². The molecule has 0 saturated carbocycles. The Kier molecular flexibility index (Phi) is 3.18. The normalized spacial score (nSPS) is 24.9. The van der Waals surface area contributed by atoms with Crippen LogP contribution in [0.25, 0.3) is 0 Å². The molecule has 1 aliphatic heterocycles. The predicted octanol–water partition coefficient (Wildman–Crippen LogP) is 1.04. The molecule has 17 heavy (non-hydrogen) atoms. The van der Waals surface area contributed by atoms with Crippen LogP contribution in [-0.2, 0) is 14.3 Å². The Morgan fingerprint density at radius 1 is 1.41 bits per heavy atom. The van der Waals surface area contributed by atoms with Crippen LogP contribution >= 0.6 is 0 Å². The van der Waals surface area contributed by atoms with Crippen LogP contribution < -0.4 is 0 Å². The lowest BCUT2D eigenvalue weighted by atomic mass is 9.98. The SMILES string of the molecule is CC(C)(C)OC(=O)N1CCC(=O)[C@@]1(C)C(=O)O. The van der Waals surface area contributed by atoms with Crippen molar-refractivity contribution in [3.05, 3.63) is 0 Å². The average Bonchev–Trinajstić information content (AvgIpc) is 2.42. The lowest BCUT2D eigenvalue weighted by molar-refractivity contribution is -0.152. The van der Waals surface area contributed by atoms with E-state index in [4.69, 9.17) is 9.84 Å². The van der Waals surface area contributed by atoms with Crippen molar-refractivity contribution in [1.82, 2.24) is 4.90 Å². The number of carbonyl (C=O) groups excluding carboxylic acids is 2. The number of rotatable bonds is 1. The Morgan fingerprint density at radius 2 is 1.94 bits per heavy atom. The molecule has 6 nitrogen and oxygen atoms in total. The van der Waals surface area contributed by atoms with Gasteiger partial charge in [0.15, 0.2) is 11.3 Å². The summed E-state index contributed by atoms with van der Waals surface area (Å²) in [6.07, 6.45) is -0.726. The summed E-state index contributed by atoms with van der Waals surface area (Å²) in [5, 5.41) is 9.09. The van der Waals surface area contributed by atoms with Crippen molar-refractivity contribution in [2.75, 3.05) is 6.54 Å². The minimum atomic E-state index is -1.80. The Balaban J connectivity index is 2.95. The molecule has 0 aromatic heterocycles. The number of nitrogens with zero attached hydrogens (tertiary/aromatic N) is 1. The number of carboxylic acid groups (broad SMARTS) is 1. The number of carboxylic acids is 1. The van der Waals surface area contributed by atoms with E-state index in [0.717, 1.165) is 4.90 Å². The minimum absolute atomic E-state index is 0.0437. The van der Waals surface area contributed by atoms with Gasteiger partial charge in [-0.05, 0) is 27.7 Å². The minimum Gasteiger partial charge on any atom is -0.479 e. The first-order chi connectivity index (χ1) is 7.59. The molecule has 1 aliphatic rings. The van der Waals surface area contributed by atoms with Crippen molar-refractivity contribution in [2.45, 2.75) is 45.3 Å². The van der Waals surface area contributed by atoms with Gasteiger partial charge in [0, 0.05) is 13.0 Å². The fourth-order valence-electron chi connectivity index (χ4n) is 1.66. The third kappa shape index (κ3) is 2.40. The second kappa shape index (κ2) is 4.01. The summed E-state index contributed by atoms with van der Waals surface area (Å²) in [6, 6.07) is 0. The molecule has 1 saturated heterocycles. The first-order valence-corrected chi connectivity index (χ1v) is 5.36. The van der Waals surface area contributed by atoms with Gasteiger partial charge in [-0.2, -0.15) is 0 Å². The zero-order valence-corrected chi connectivity index (χ0v) is 10.4. The molecule has 1 rings (SSSR count). The zero-order valence-electron chi connectivity index (χ0n) is 10.4. The number of hydrogen-bond acceptors (Lipinski definition) is 4. The number of likely N-dealkylation sites (tertiary alicyclic amines) is 1. The molecule has 0 aliphatic carbocycles. The molecule has 6 heteroatoms. The van der Waals surface area contributed by atoms with Gasteiger partial charge >= 0.3 is 12.1 Å². The molecular formula is C11H17NO5. The standard InChI is InChI=1S/C11H17NO5/c1-10(2,3)17-9(16)12-6-5-7(13)11(12,4)8(14)15/h5-6H2,1-4H3,(H,14,15)/t11-/m0/s1. The first kappa shape index (κ1) is 13.5. The Hall–Kier alpha value is -1.59. The van der Waals surface area contributed by atoms with Crippen molar-refractivity contribution in [1.29, 1.82) is 0 Å².